The van der Waals surface area contributed by atoms with Gasteiger partial charge in [0.05, 0.1) is 19.4 Å². The summed E-state index contributed by atoms with van der Waals surface area (Å²) in [7, 11) is 3.70. The van der Waals surface area contributed by atoms with E-state index in [-0.39, 0.29) is 5.43 Å². The van der Waals surface area contributed by atoms with Gasteiger partial charge in [-0.25, -0.2) is 0 Å². The molecule has 27 heavy (non-hydrogen) atoms. The van der Waals surface area contributed by atoms with Crippen molar-refractivity contribution in [1.82, 2.24) is 14.4 Å². The Bertz CT molecular complexity index is 793. The van der Waals surface area contributed by atoms with Crippen molar-refractivity contribution in [3.63, 3.8) is 0 Å². The first-order valence-electron chi connectivity index (χ1n) is 9.49. The van der Waals surface area contributed by atoms with Crippen LogP contribution in [0, 0.1) is 6.92 Å². The minimum atomic E-state index is -0.105. The molecule has 1 saturated heterocycles. The average molecular weight is 371 g/mol. The highest BCUT2D eigenvalue weighted by Crippen LogP contribution is 2.20. The number of likely N-dealkylation sites (N-methyl/N-ethyl adjacent to an activating group) is 1. The molecule has 0 radical (unpaired) electrons. The Morgan fingerprint density at radius 3 is 2.41 bits per heavy atom. The van der Waals surface area contributed by atoms with Crippen molar-refractivity contribution < 1.29 is 9.47 Å². The minimum Gasteiger partial charge on any atom is -0.494 e. The van der Waals surface area contributed by atoms with Gasteiger partial charge in [0.25, 0.3) is 0 Å². The van der Waals surface area contributed by atoms with Gasteiger partial charge >= 0.3 is 0 Å². The van der Waals surface area contributed by atoms with Crippen LogP contribution in [0.5, 0.6) is 11.5 Å². The summed E-state index contributed by atoms with van der Waals surface area (Å²) in [6.07, 6.45) is 2.80. The van der Waals surface area contributed by atoms with Crippen molar-refractivity contribution in [2.45, 2.75) is 13.3 Å². The van der Waals surface area contributed by atoms with Crippen molar-refractivity contribution in [3.05, 3.63) is 52.4 Å². The van der Waals surface area contributed by atoms with Gasteiger partial charge in [-0.2, -0.15) is 0 Å². The maximum absolute atomic E-state index is 11.8. The molecule has 0 bridgehead atoms. The highest BCUT2D eigenvalue weighted by Gasteiger charge is 2.13. The van der Waals surface area contributed by atoms with Crippen molar-refractivity contribution in [2.75, 3.05) is 53.5 Å². The smallest absolute Gasteiger partial charge is 0.223 e. The van der Waals surface area contributed by atoms with Crippen LogP contribution in [0.15, 0.2) is 41.3 Å². The first-order chi connectivity index (χ1) is 13.1. The fraction of sp³-hybridized carbons (Fsp3) is 0.476. The topological polar surface area (TPSA) is 46.9 Å². The lowest BCUT2D eigenvalue weighted by molar-refractivity contribution is 0.145. The summed E-state index contributed by atoms with van der Waals surface area (Å²) in [6.45, 7) is 8.28. The van der Waals surface area contributed by atoms with E-state index < -0.39 is 0 Å². The zero-order valence-electron chi connectivity index (χ0n) is 16.5. The molecule has 0 amide bonds. The molecule has 146 valence electrons. The number of aromatic nitrogens is 1. The molecule has 0 saturated carbocycles. The molecule has 1 fully saturated rings. The number of nitrogens with zero attached hydrogens (tertiary/aromatic N) is 3. The fourth-order valence-corrected chi connectivity index (χ4v) is 3.40. The lowest BCUT2D eigenvalue weighted by Crippen LogP contribution is -2.44. The molecule has 0 atom stereocenters. The monoisotopic (exact) mass is 371 g/mol. The summed E-state index contributed by atoms with van der Waals surface area (Å²) < 4.78 is 13.0. The largest absolute Gasteiger partial charge is 0.494 e. The standard InChI is InChI=1S/C21H29N3O3/c1-17-21(26-3)20(25)9-11-24(17)18-5-7-19(8-6-18)27-16-4-10-23-14-12-22(2)13-15-23/h5-9,11H,4,10,12-16H2,1-3H3. The van der Waals surface area contributed by atoms with E-state index >= 15 is 0 Å². The third-order valence-electron chi connectivity index (χ3n) is 5.09. The summed E-state index contributed by atoms with van der Waals surface area (Å²) in [6, 6.07) is 9.44. The van der Waals surface area contributed by atoms with Crippen LogP contribution in [0.1, 0.15) is 12.1 Å². The SMILES string of the molecule is COc1c(C)n(-c2ccc(OCCCN3CCN(C)CC3)cc2)ccc1=O. The molecule has 1 aliphatic heterocycles. The predicted octanol–water partition coefficient (Wildman–Crippen LogP) is 2.17. The second-order valence-corrected chi connectivity index (χ2v) is 7.01. The highest BCUT2D eigenvalue weighted by atomic mass is 16.5. The molecule has 1 aromatic carbocycles. The van der Waals surface area contributed by atoms with Gasteiger partial charge in [-0.3, -0.25) is 4.79 Å². The fourth-order valence-electron chi connectivity index (χ4n) is 3.40. The van der Waals surface area contributed by atoms with Crippen molar-refractivity contribution >= 4 is 0 Å². The zero-order valence-corrected chi connectivity index (χ0v) is 16.5. The van der Waals surface area contributed by atoms with Crippen molar-refractivity contribution in [3.8, 4) is 17.2 Å². The molecule has 6 heteroatoms. The van der Waals surface area contributed by atoms with Crippen LogP contribution in [0.3, 0.4) is 0 Å². The van der Waals surface area contributed by atoms with E-state index in [1.165, 1.54) is 13.2 Å². The Kier molecular flexibility index (Phi) is 6.53. The Morgan fingerprint density at radius 1 is 1.04 bits per heavy atom. The van der Waals surface area contributed by atoms with E-state index in [0.29, 0.717) is 5.75 Å². The van der Waals surface area contributed by atoms with Crippen LogP contribution in [0.25, 0.3) is 5.69 Å². The number of benzene rings is 1. The molecular formula is C21H29N3O3. The molecule has 3 rings (SSSR count). The molecule has 1 aromatic heterocycles. The van der Waals surface area contributed by atoms with E-state index in [0.717, 1.165) is 62.9 Å². The molecule has 0 N–H and O–H groups in total. The third kappa shape index (κ3) is 4.90. The highest BCUT2D eigenvalue weighted by molar-refractivity contribution is 5.41. The quantitative estimate of drug-likeness (QED) is 0.698. The van der Waals surface area contributed by atoms with E-state index in [2.05, 4.69) is 16.8 Å². The van der Waals surface area contributed by atoms with Crippen LogP contribution >= 0.6 is 0 Å². The Hall–Kier alpha value is -2.31. The Labute approximate surface area is 160 Å². The van der Waals surface area contributed by atoms with Crippen LogP contribution < -0.4 is 14.9 Å². The lowest BCUT2D eigenvalue weighted by atomic mass is 10.2. The van der Waals surface area contributed by atoms with E-state index in [4.69, 9.17) is 9.47 Å². The minimum absolute atomic E-state index is 0.105. The number of pyridine rings is 1. The Morgan fingerprint density at radius 2 is 1.74 bits per heavy atom. The van der Waals surface area contributed by atoms with Crippen LogP contribution in [0.4, 0.5) is 0 Å². The summed E-state index contributed by atoms with van der Waals surface area (Å²) in [4.78, 5) is 16.7. The average Bonchev–Trinajstić information content (AvgIpc) is 2.68. The third-order valence-corrected chi connectivity index (χ3v) is 5.09. The van der Waals surface area contributed by atoms with E-state index in [1.54, 1.807) is 6.20 Å². The van der Waals surface area contributed by atoms with Gasteiger partial charge < -0.3 is 23.8 Å². The number of ether oxygens (including phenoxy) is 2. The zero-order chi connectivity index (χ0) is 19.2. The molecule has 2 heterocycles. The maximum Gasteiger partial charge on any atom is 0.223 e. The number of hydrogen-bond acceptors (Lipinski definition) is 5. The summed E-state index contributed by atoms with van der Waals surface area (Å²) in [5.41, 5.74) is 1.65. The molecule has 6 nitrogen and oxygen atoms in total. The summed E-state index contributed by atoms with van der Waals surface area (Å²) in [5, 5.41) is 0. The second kappa shape index (κ2) is 9.06. The van der Waals surface area contributed by atoms with Gasteiger partial charge in [0.2, 0.25) is 5.43 Å². The van der Waals surface area contributed by atoms with Gasteiger partial charge in [-0.1, -0.05) is 0 Å². The van der Waals surface area contributed by atoms with Crippen LogP contribution in [-0.4, -0.2) is 67.9 Å². The molecule has 2 aromatic rings. The van der Waals surface area contributed by atoms with Crippen LogP contribution in [0.2, 0.25) is 0 Å². The maximum atomic E-state index is 11.8. The second-order valence-electron chi connectivity index (χ2n) is 7.01. The summed E-state index contributed by atoms with van der Waals surface area (Å²) >= 11 is 0. The summed E-state index contributed by atoms with van der Waals surface area (Å²) in [5.74, 6) is 1.24. The number of hydrogen-bond donors (Lipinski definition) is 0. The number of methoxy groups -OCH3 is 1. The molecule has 0 aliphatic carbocycles. The van der Waals surface area contributed by atoms with Crippen molar-refractivity contribution in [2.24, 2.45) is 0 Å². The first kappa shape index (κ1) is 19.5. The van der Waals surface area contributed by atoms with Crippen molar-refractivity contribution in [1.29, 1.82) is 0 Å². The lowest BCUT2D eigenvalue weighted by Gasteiger charge is -2.32. The van der Waals surface area contributed by atoms with E-state index in [9.17, 15) is 4.79 Å². The van der Waals surface area contributed by atoms with Gasteiger partial charge in [-0.05, 0) is 44.7 Å². The number of piperazine rings is 1. The van der Waals surface area contributed by atoms with Crippen LogP contribution in [-0.2, 0) is 0 Å². The van der Waals surface area contributed by atoms with Gasteiger partial charge in [0.15, 0.2) is 5.75 Å². The molecule has 0 unspecified atom stereocenters. The van der Waals surface area contributed by atoms with Gasteiger partial charge in [-0.15, -0.1) is 0 Å². The van der Waals surface area contributed by atoms with Gasteiger partial charge in [0.1, 0.15) is 5.75 Å². The molecule has 0 spiro atoms. The Balaban J connectivity index is 1.53. The normalized spacial score (nSPS) is 15.7. The first-order valence-corrected chi connectivity index (χ1v) is 9.49. The number of rotatable bonds is 7. The van der Waals surface area contributed by atoms with E-state index in [1.807, 2.05) is 35.8 Å². The molecular weight excluding hydrogens is 342 g/mol. The predicted molar refractivity (Wildman–Crippen MR) is 107 cm³/mol. The molecule has 1 aliphatic rings. The van der Waals surface area contributed by atoms with Gasteiger partial charge in [0, 0.05) is 50.7 Å².